The summed E-state index contributed by atoms with van der Waals surface area (Å²) in [5.41, 5.74) is 7.08. The average molecular weight is 280 g/mol. The number of fused-ring (bicyclic) bond motifs is 5. The molecule has 0 saturated heterocycles. The quantitative estimate of drug-likeness (QED) is 0.527. The molecule has 2 fully saturated rings. The summed E-state index contributed by atoms with van der Waals surface area (Å²) in [4.78, 5) is 0. The van der Waals surface area contributed by atoms with E-state index in [0.29, 0.717) is 5.41 Å². The fourth-order valence-corrected chi connectivity index (χ4v) is 6.03. The summed E-state index contributed by atoms with van der Waals surface area (Å²) in [7, 11) is 0. The lowest BCUT2D eigenvalue weighted by molar-refractivity contribution is 0.0813. The first-order valence-corrected chi connectivity index (χ1v) is 8.88. The van der Waals surface area contributed by atoms with Gasteiger partial charge in [0.05, 0.1) is 0 Å². The van der Waals surface area contributed by atoms with Crippen LogP contribution in [0.4, 0.5) is 0 Å². The smallest absolute Gasteiger partial charge is 0.00851 e. The zero-order valence-corrected chi connectivity index (χ0v) is 13.8. The van der Waals surface area contributed by atoms with Crippen molar-refractivity contribution in [2.24, 2.45) is 17.3 Å². The van der Waals surface area contributed by atoms with Gasteiger partial charge in [0.15, 0.2) is 0 Å². The van der Waals surface area contributed by atoms with Crippen LogP contribution in [0.15, 0.2) is 29.8 Å². The molecule has 3 aliphatic rings. The van der Waals surface area contributed by atoms with E-state index in [1.165, 1.54) is 44.1 Å². The number of hydrogen-bond acceptors (Lipinski definition) is 0. The van der Waals surface area contributed by atoms with Gasteiger partial charge in [0, 0.05) is 0 Å². The number of benzene rings is 1. The van der Waals surface area contributed by atoms with Crippen LogP contribution in [0.25, 0.3) is 0 Å². The molecule has 0 heterocycles. The van der Waals surface area contributed by atoms with E-state index >= 15 is 0 Å². The molecule has 0 radical (unpaired) electrons. The van der Waals surface area contributed by atoms with Crippen LogP contribution in [-0.2, 0) is 6.42 Å². The summed E-state index contributed by atoms with van der Waals surface area (Å²) < 4.78 is 0. The standard InChI is InChI=1S/C21H28/c1-4-16-7-10-20-19-9-6-15-13-14(2)5-8-17(15)18(19)11-12-21(16,20)3/h4-5,8,13,18-20H,6-7,9-12H2,1-3H3/b16-4-. The van der Waals surface area contributed by atoms with Gasteiger partial charge in [-0.2, -0.15) is 0 Å². The van der Waals surface area contributed by atoms with Gasteiger partial charge >= 0.3 is 0 Å². The molecule has 0 aliphatic heterocycles. The van der Waals surface area contributed by atoms with Gasteiger partial charge in [-0.3, -0.25) is 0 Å². The highest BCUT2D eigenvalue weighted by molar-refractivity contribution is 5.38. The fourth-order valence-electron chi connectivity index (χ4n) is 6.03. The van der Waals surface area contributed by atoms with Gasteiger partial charge < -0.3 is 0 Å². The number of allylic oxidation sites excluding steroid dienone is 2. The van der Waals surface area contributed by atoms with Crippen molar-refractivity contribution < 1.29 is 0 Å². The zero-order valence-electron chi connectivity index (χ0n) is 13.8. The number of hydrogen-bond donors (Lipinski definition) is 0. The van der Waals surface area contributed by atoms with E-state index in [0.717, 1.165) is 17.8 Å². The van der Waals surface area contributed by atoms with Crippen molar-refractivity contribution >= 4 is 0 Å². The summed E-state index contributed by atoms with van der Waals surface area (Å²) in [6, 6.07) is 7.24. The van der Waals surface area contributed by atoms with Crippen LogP contribution in [-0.4, -0.2) is 0 Å². The molecule has 4 unspecified atom stereocenters. The van der Waals surface area contributed by atoms with E-state index in [4.69, 9.17) is 0 Å². The van der Waals surface area contributed by atoms with Crippen molar-refractivity contribution in [1.82, 2.24) is 0 Å². The molecule has 0 nitrogen and oxygen atoms in total. The molecular weight excluding hydrogens is 252 g/mol. The predicted molar refractivity (Wildman–Crippen MR) is 89.6 cm³/mol. The summed E-state index contributed by atoms with van der Waals surface area (Å²) in [5.74, 6) is 2.73. The summed E-state index contributed by atoms with van der Waals surface area (Å²) in [6.07, 6.45) is 10.8. The maximum atomic E-state index is 2.57. The molecule has 21 heavy (non-hydrogen) atoms. The number of aryl methyl sites for hydroxylation is 2. The predicted octanol–water partition coefficient (Wildman–Crippen LogP) is 5.80. The molecule has 4 rings (SSSR count). The summed E-state index contributed by atoms with van der Waals surface area (Å²) >= 11 is 0. The van der Waals surface area contributed by atoms with Crippen molar-refractivity contribution in [2.75, 3.05) is 0 Å². The Balaban J connectivity index is 1.72. The van der Waals surface area contributed by atoms with Crippen LogP contribution in [0.1, 0.15) is 68.6 Å². The highest BCUT2D eigenvalue weighted by Gasteiger charge is 2.52. The number of rotatable bonds is 0. The third-order valence-corrected chi connectivity index (χ3v) is 7.08. The zero-order chi connectivity index (χ0) is 14.6. The highest BCUT2D eigenvalue weighted by atomic mass is 14.6. The minimum Gasteiger partial charge on any atom is -0.0879 e. The topological polar surface area (TPSA) is 0 Å². The molecule has 3 aliphatic carbocycles. The molecule has 0 amide bonds. The molecule has 1 aromatic rings. The van der Waals surface area contributed by atoms with Crippen LogP contribution in [0.3, 0.4) is 0 Å². The van der Waals surface area contributed by atoms with E-state index in [1.54, 1.807) is 16.7 Å². The Morgan fingerprint density at radius 3 is 2.81 bits per heavy atom. The lowest BCUT2D eigenvalue weighted by atomic mass is 9.55. The molecule has 0 heteroatoms. The summed E-state index contributed by atoms with van der Waals surface area (Å²) in [5, 5.41) is 0. The van der Waals surface area contributed by atoms with Crippen molar-refractivity contribution in [3.05, 3.63) is 46.5 Å². The first-order valence-electron chi connectivity index (χ1n) is 8.88. The second-order valence-corrected chi connectivity index (χ2v) is 7.93. The van der Waals surface area contributed by atoms with E-state index < -0.39 is 0 Å². The Morgan fingerprint density at radius 1 is 1.14 bits per heavy atom. The van der Waals surface area contributed by atoms with Crippen molar-refractivity contribution in [3.8, 4) is 0 Å². The van der Waals surface area contributed by atoms with Crippen LogP contribution >= 0.6 is 0 Å². The maximum absolute atomic E-state index is 2.57. The first-order chi connectivity index (χ1) is 10.1. The molecule has 4 atom stereocenters. The minimum atomic E-state index is 0.526. The van der Waals surface area contributed by atoms with Crippen LogP contribution < -0.4 is 0 Å². The Labute approximate surface area is 129 Å². The maximum Gasteiger partial charge on any atom is -0.00851 e. The monoisotopic (exact) mass is 280 g/mol. The molecule has 112 valence electrons. The van der Waals surface area contributed by atoms with Gasteiger partial charge in [-0.15, -0.1) is 0 Å². The lowest BCUT2D eigenvalue weighted by Gasteiger charge is -2.49. The van der Waals surface area contributed by atoms with E-state index in [-0.39, 0.29) is 0 Å². The van der Waals surface area contributed by atoms with Crippen LogP contribution in [0.5, 0.6) is 0 Å². The Bertz CT molecular complexity index is 594. The Kier molecular flexibility index (Phi) is 3.07. The molecule has 1 aromatic carbocycles. The minimum absolute atomic E-state index is 0.526. The average Bonchev–Trinajstić information content (AvgIpc) is 2.83. The fraction of sp³-hybridized carbons (Fsp3) is 0.619. The van der Waals surface area contributed by atoms with Gasteiger partial charge in [0.1, 0.15) is 0 Å². The lowest BCUT2D eigenvalue weighted by Crippen LogP contribution is -2.40. The second-order valence-electron chi connectivity index (χ2n) is 7.93. The molecule has 2 saturated carbocycles. The SMILES string of the molecule is C/C=C1/CCC2C3CCc4cc(C)ccc4C3CCC12C. The van der Waals surface area contributed by atoms with Crippen LogP contribution in [0, 0.1) is 24.2 Å². The normalized spacial score (nSPS) is 39.8. The second kappa shape index (κ2) is 4.73. The van der Waals surface area contributed by atoms with Crippen molar-refractivity contribution in [1.29, 1.82) is 0 Å². The van der Waals surface area contributed by atoms with Gasteiger partial charge in [-0.1, -0.05) is 42.3 Å². The molecule has 0 bridgehead atoms. The van der Waals surface area contributed by atoms with Gasteiger partial charge in [0.25, 0.3) is 0 Å². The van der Waals surface area contributed by atoms with Gasteiger partial charge in [0.2, 0.25) is 0 Å². The van der Waals surface area contributed by atoms with E-state index in [9.17, 15) is 0 Å². The third-order valence-electron chi connectivity index (χ3n) is 7.08. The molecule has 0 spiro atoms. The Morgan fingerprint density at radius 2 is 2.00 bits per heavy atom. The summed E-state index contributed by atoms with van der Waals surface area (Å²) in [6.45, 7) is 7.06. The van der Waals surface area contributed by atoms with E-state index in [1.807, 2.05) is 0 Å². The van der Waals surface area contributed by atoms with Gasteiger partial charge in [-0.25, -0.2) is 0 Å². The van der Waals surface area contributed by atoms with Gasteiger partial charge in [-0.05, 0) is 86.7 Å². The Hall–Kier alpha value is -1.04. The molecule has 0 N–H and O–H groups in total. The van der Waals surface area contributed by atoms with E-state index in [2.05, 4.69) is 45.0 Å². The largest absolute Gasteiger partial charge is 0.0879 e. The van der Waals surface area contributed by atoms with Crippen molar-refractivity contribution in [2.45, 2.75) is 65.2 Å². The molecule has 0 aromatic heterocycles. The highest BCUT2D eigenvalue weighted by Crippen LogP contribution is 2.62. The van der Waals surface area contributed by atoms with Crippen LogP contribution in [0.2, 0.25) is 0 Å². The first kappa shape index (κ1) is 13.6. The van der Waals surface area contributed by atoms with Crippen molar-refractivity contribution in [3.63, 3.8) is 0 Å². The third kappa shape index (κ3) is 1.87. The molecular formula is C21H28.